The first-order chi connectivity index (χ1) is 15.5. The van der Waals surface area contributed by atoms with Crippen molar-refractivity contribution in [2.45, 2.75) is 70.4 Å². The summed E-state index contributed by atoms with van der Waals surface area (Å²) in [6.07, 6.45) is 9.09. The SMILES string of the molecule is CCc1nc(C(N)=O)c(Nc2ccc(N3CCCCC3)nc2)nc1NC1CCC(O)CC1. The molecule has 5 N–H and O–H groups in total. The number of rotatable bonds is 7. The van der Waals surface area contributed by atoms with E-state index in [9.17, 15) is 9.90 Å². The van der Waals surface area contributed by atoms with E-state index in [4.69, 9.17) is 10.7 Å². The maximum atomic E-state index is 12.1. The van der Waals surface area contributed by atoms with Crippen LogP contribution >= 0.6 is 0 Å². The summed E-state index contributed by atoms with van der Waals surface area (Å²) in [5.74, 6) is 1.31. The minimum absolute atomic E-state index is 0.117. The first kappa shape index (κ1) is 22.3. The number of amides is 1. The zero-order valence-electron chi connectivity index (χ0n) is 18.7. The zero-order chi connectivity index (χ0) is 22.5. The summed E-state index contributed by atoms with van der Waals surface area (Å²) in [6.45, 7) is 4.03. The molecule has 2 aliphatic rings. The van der Waals surface area contributed by atoms with Crippen LogP contribution in [0.15, 0.2) is 18.3 Å². The molecule has 9 heteroatoms. The minimum Gasteiger partial charge on any atom is -0.393 e. The summed E-state index contributed by atoms with van der Waals surface area (Å²) < 4.78 is 0. The van der Waals surface area contributed by atoms with Crippen molar-refractivity contribution in [3.05, 3.63) is 29.7 Å². The number of pyridine rings is 1. The van der Waals surface area contributed by atoms with Crippen LogP contribution in [0, 0.1) is 0 Å². The molecule has 3 heterocycles. The van der Waals surface area contributed by atoms with Gasteiger partial charge in [-0.25, -0.2) is 15.0 Å². The largest absolute Gasteiger partial charge is 0.393 e. The number of piperidine rings is 1. The highest BCUT2D eigenvalue weighted by molar-refractivity contribution is 5.96. The Kier molecular flexibility index (Phi) is 7.04. The van der Waals surface area contributed by atoms with Gasteiger partial charge in [0.15, 0.2) is 11.5 Å². The summed E-state index contributed by atoms with van der Waals surface area (Å²) in [7, 11) is 0. The summed E-state index contributed by atoms with van der Waals surface area (Å²) in [5.41, 5.74) is 7.15. The standard InChI is InChI=1S/C23H33N7O2/c1-2-18-22(26-15-6-9-17(31)10-7-15)29-23(20(28-18)21(24)32)27-16-8-11-19(25-14-16)30-12-4-3-5-13-30/h8,11,14-15,17,31H,2-7,9-10,12-13H2,1H3,(H2,24,32)(H2,26,27,29). The number of nitrogens with one attached hydrogen (secondary N) is 2. The molecule has 0 radical (unpaired) electrons. The fourth-order valence-corrected chi connectivity index (χ4v) is 4.41. The molecule has 1 amide bonds. The van der Waals surface area contributed by atoms with Crippen LogP contribution in [0.3, 0.4) is 0 Å². The molecule has 4 rings (SSSR count). The van der Waals surface area contributed by atoms with E-state index in [0.717, 1.165) is 50.3 Å². The quantitative estimate of drug-likeness (QED) is 0.518. The fraction of sp³-hybridized carbons (Fsp3) is 0.565. The topological polar surface area (TPSA) is 129 Å². The number of hydrogen-bond acceptors (Lipinski definition) is 8. The van der Waals surface area contributed by atoms with E-state index in [0.29, 0.717) is 23.8 Å². The highest BCUT2D eigenvalue weighted by atomic mass is 16.3. The Balaban J connectivity index is 1.55. The van der Waals surface area contributed by atoms with Crippen LogP contribution in [0.4, 0.5) is 23.1 Å². The van der Waals surface area contributed by atoms with E-state index in [1.807, 2.05) is 19.1 Å². The number of aromatic nitrogens is 3. The van der Waals surface area contributed by atoms with Crippen LogP contribution in [-0.4, -0.2) is 51.2 Å². The number of aliphatic hydroxyl groups is 1. The number of anilines is 4. The minimum atomic E-state index is -0.625. The van der Waals surface area contributed by atoms with E-state index >= 15 is 0 Å². The van der Waals surface area contributed by atoms with Gasteiger partial charge in [-0.1, -0.05) is 6.92 Å². The van der Waals surface area contributed by atoms with Gasteiger partial charge in [0.1, 0.15) is 11.6 Å². The molecule has 1 saturated heterocycles. The third-order valence-corrected chi connectivity index (χ3v) is 6.26. The van der Waals surface area contributed by atoms with Crippen molar-refractivity contribution in [1.29, 1.82) is 0 Å². The van der Waals surface area contributed by atoms with Crippen molar-refractivity contribution in [2.24, 2.45) is 5.73 Å². The smallest absolute Gasteiger partial charge is 0.271 e. The molecule has 0 atom stereocenters. The van der Waals surface area contributed by atoms with E-state index in [1.54, 1.807) is 6.20 Å². The lowest BCUT2D eigenvalue weighted by Crippen LogP contribution is -2.30. The highest BCUT2D eigenvalue weighted by Gasteiger charge is 2.23. The Morgan fingerprint density at radius 1 is 1.12 bits per heavy atom. The number of aryl methyl sites for hydroxylation is 1. The molecule has 32 heavy (non-hydrogen) atoms. The van der Waals surface area contributed by atoms with Crippen molar-refractivity contribution < 1.29 is 9.90 Å². The molecule has 9 nitrogen and oxygen atoms in total. The Morgan fingerprint density at radius 2 is 1.88 bits per heavy atom. The molecule has 0 aromatic carbocycles. The van der Waals surface area contributed by atoms with Gasteiger partial charge < -0.3 is 26.4 Å². The Morgan fingerprint density at radius 3 is 2.50 bits per heavy atom. The Hall–Kier alpha value is -2.94. The molecule has 172 valence electrons. The third kappa shape index (κ3) is 5.27. The second-order valence-corrected chi connectivity index (χ2v) is 8.66. The first-order valence-corrected chi connectivity index (χ1v) is 11.7. The molecule has 1 aliphatic carbocycles. The molecular weight excluding hydrogens is 406 g/mol. The average molecular weight is 440 g/mol. The molecular formula is C23H33N7O2. The summed E-state index contributed by atoms with van der Waals surface area (Å²) in [4.78, 5) is 28.2. The molecule has 1 saturated carbocycles. The van der Waals surface area contributed by atoms with Crippen molar-refractivity contribution in [3.63, 3.8) is 0 Å². The van der Waals surface area contributed by atoms with Crippen molar-refractivity contribution in [1.82, 2.24) is 15.0 Å². The molecule has 0 bridgehead atoms. The molecule has 2 aromatic heterocycles. The number of primary amides is 1. The average Bonchev–Trinajstić information content (AvgIpc) is 2.81. The van der Waals surface area contributed by atoms with Gasteiger partial charge in [0.05, 0.1) is 23.7 Å². The monoisotopic (exact) mass is 439 g/mol. The highest BCUT2D eigenvalue weighted by Crippen LogP contribution is 2.27. The lowest BCUT2D eigenvalue weighted by molar-refractivity contribution is 0.0996. The zero-order valence-corrected chi connectivity index (χ0v) is 18.7. The van der Waals surface area contributed by atoms with E-state index in [1.165, 1.54) is 19.3 Å². The maximum Gasteiger partial charge on any atom is 0.271 e. The van der Waals surface area contributed by atoms with Gasteiger partial charge >= 0.3 is 0 Å². The molecule has 1 aliphatic heterocycles. The van der Waals surface area contributed by atoms with E-state index in [2.05, 4.69) is 25.5 Å². The fourth-order valence-electron chi connectivity index (χ4n) is 4.41. The van der Waals surface area contributed by atoms with E-state index in [-0.39, 0.29) is 17.8 Å². The number of aliphatic hydroxyl groups excluding tert-OH is 1. The van der Waals surface area contributed by atoms with Crippen LogP contribution in [0.25, 0.3) is 0 Å². The van der Waals surface area contributed by atoms with Gasteiger partial charge in [-0.2, -0.15) is 0 Å². The van der Waals surface area contributed by atoms with Crippen molar-refractivity contribution in [3.8, 4) is 0 Å². The van der Waals surface area contributed by atoms with Crippen LogP contribution < -0.4 is 21.3 Å². The number of carbonyl (C=O) groups is 1. The number of nitrogens with zero attached hydrogens (tertiary/aromatic N) is 4. The summed E-state index contributed by atoms with van der Waals surface area (Å²) in [5, 5.41) is 16.4. The first-order valence-electron chi connectivity index (χ1n) is 11.7. The van der Waals surface area contributed by atoms with Crippen LogP contribution in [0.2, 0.25) is 0 Å². The van der Waals surface area contributed by atoms with Crippen molar-refractivity contribution in [2.75, 3.05) is 28.6 Å². The second kappa shape index (κ2) is 10.1. The van der Waals surface area contributed by atoms with Gasteiger partial charge in [-0.05, 0) is 63.5 Å². The van der Waals surface area contributed by atoms with Gasteiger partial charge in [0, 0.05) is 19.1 Å². The predicted molar refractivity (Wildman–Crippen MR) is 125 cm³/mol. The maximum absolute atomic E-state index is 12.1. The number of nitrogens with two attached hydrogens (primary N) is 1. The Bertz CT molecular complexity index is 921. The lowest BCUT2D eigenvalue weighted by Gasteiger charge is -2.28. The summed E-state index contributed by atoms with van der Waals surface area (Å²) in [6, 6.07) is 4.14. The van der Waals surface area contributed by atoms with Crippen LogP contribution in [-0.2, 0) is 6.42 Å². The molecule has 0 unspecified atom stereocenters. The van der Waals surface area contributed by atoms with Crippen LogP contribution in [0.1, 0.15) is 68.1 Å². The molecule has 0 spiro atoms. The van der Waals surface area contributed by atoms with Crippen molar-refractivity contribution >= 4 is 29.0 Å². The number of hydrogen-bond donors (Lipinski definition) is 4. The molecule has 2 aromatic rings. The lowest BCUT2D eigenvalue weighted by atomic mass is 9.93. The summed E-state index contributed by atoms with van der Waals surface area (Å²) >= 11 is 0. The van der Waals surface area contributed by atoms with E-state index < -0.39 is 5.91 Å². The Labute approximate surface area is 188 Å². The van der Waals surface area contributed by atoms with Gasteiger partial charge in [0.2, 0.25) is 0 Å². The van der Waals surface area contributed by atoms with Gasteiger partial charge in [-0.15, -0.1) is 0 Å². The molecule has 2 fully saturated rings. The number of carbonyl (C=O) groups excluding carboxylic acids is 1. The van der Waals surface area contributed by atoms with Gasteiger partial charge in [0.25, 0.3) is 5.91 Å². The third-order valence-electron chi connectivity index (χ3n) is 6.26. The second-order valence-electron chi connectivity index (χ2n) is 8.66. The normalized spacial score (nSPS) is 21.2. The predicted octanol–water partition coefficient (Wildman–Crippen LogP) is 2.98. The van der Waals surface area contributed by atoms with Crippen LogP contribution in [0.5, 0.6) is 0 Å². The van der Waals surface area contributed by atoms with Gasteiger partial charge in [-0.3, -0.25) is 4.79 Å².